The van der Waals surface area contributed by atoms with Crippen molar-refractivity contribution in [3.63, 3.8) is 0 Å². The zero-order valence-electron chi connectivity index (χ0n) is 12.9. The molecule has 21 heavy (non-hydrogen) atoms. The summed E-state index contributed by atoms with van der Waals surface area (Å²) in [6.45, 7) is 4.15. The van der Waals surface area contributed by atoms with E-state index in [0.29, 0.717) is 5.92 Å². The summed E-state index contributed by atoms with van der Waals surface area (Å²) in [7, 11) is 3.41. The lowest BCUT2D eigenvalue weighted by molar-refractivity contribution is 0.411. The second kappa shape index (κ2) is 6.99. The van der Waals surface area contributed by atoms with Crippen molar-refractivity contribution >= 4 is 15.9 Å². The Labute approximate surface area is 135 Å². The van der Waals surface area contributed by atoms with E-state index < -0.39 is 0 Å². The van der Waals surface area contributed by atoms with Gasteiger partial charge in [-0.15, -0.1) is 0 Å². The molecule has 0 aliphatic heterocycles. The van der Waals surface area contributed by atoms with Crippen LogP contribution in [0.25, 0.3) is 0 Å². The molecule has 0 N–H and O–H groups in total. The predicted molar refractivity (Wildman–Crippen MR) is 91.1 cm³/mol. The number of alkyl halides is 1. The summed E-state index contributed by atoms with van der Waals surface area (Å²) in [6, 6.07) is 12.7. The molecule has 2 aromatic carbocycles. The van der Waals surface area contributed by atoms with Crippen LogP contribution in [0.2, 0.25) is 0 Å². The quantitative estimate of drug-likeness (QED) is 0.719. The molecule has 2 nitrogen and oxygen atoms in total. The van der Waals surface area contributed by atoms with Gasteiger partial charge in [0.25, 0.3) is 0 Å². The summed E-state index contributed by atoms with van der Waals surface area (Å²) >= 11 is 3.65. The molecule has 0 saturated carbocycles. The smallest absolute Gasteiger partial charge is 0.121 e. The van der Waals surface area contributed by atoms with Gasteiger partial charge in [-0.2, -0.15) is 0 Å². The van der Waals surface area contributed by atoms with Crippen LogP contribution in [0.15, 0.2) is 36.4 Å². The summed E-state index contributed by atoms with van der Waals surface area (Å²) in [6.07, 6.45) is 0. The van der Waals surface area contributed by atoms with Crippen LogP contribution < -0.4 is 9.47 Å². The highest BCUT2D eigenvalue weighted by atomic mass is 79.9. The first-order chi connectivity index (χ1) is 10.1. The molecule has 0 unspecified atom stereocenters. The average Bonchev–Trinajstić information content (AvgIpc) is 2.48. The minimum atomic E-state index is 0.319. The Balaban J connectivity index is 2.39. The van der Waals surface area contributed by atoms with Gasteiger partial charge in [0.15, 0.2) is 0 Å². The minimum Gasteiger partial charge on any atom is -0.496 e. The first kappa shape index (κ1) is 15.9. The highest BCUT2D eigenvalue weighted by molar-refractivity contribution is 9.09. The summed E-state index contributed by atoms with van der Waals surface area (Å²) in [4.78, 5) is 0. The molecule has 0 aliphatic carbocycles. The first-order valence-corrected chi connectivity index (χ1v) is 8.08. The molecule has 0 atom stereocenters. The number of hydrogen-bond acceptors (Lipinski definition) is 2. The van der Waals surface area contributed by atoms with E-state index >= 15 is 0 Å². The van der Waals surface area contributed by atoms with E-state index in [4.69, 9.17) is 9.47 Å². The van der Waals surface area contributed by atoms with Crippen LogP contribution in [0.4, 0.5) is 0 Å². The Morgan fingerprint density at radius 2 is 1.29 bits per heavy atom. The van der Waals surface area contributed by atoms with Gasteiger partial charge < -0.3 is 9.47 Å². The summed E-state index contributed by atoms with van der Waals surface area (Å²) in [5.41, 5.74) is 4.89. The monoisotopic (exact) mass is 348 g/mol. The third-order valence-electron chi connectivity index (χ3n) is 3.80. The highest BCUT2D eigenvalue weighted by Gasteiger charge is 2.15. The van der Waals surface area contributed by atoms with Gasteiger partial charge in [-0.05, 0) is 48.2 Å². The molecule has 3 heteroatoms. The van der Waals surface area contributed by atoms with Crippen LogP contribution in [-0.2, 0) is 0 Å². The van der Waals surface area contributed by atoms with Gasteiger partial charge in [-0.25, -0.2) is 0 Å². The number of aryl methyl sites for hydroxylation is 2. The number of benzene rings is 2. The minimum absolute atomic E-state index is 0.319. The summed E-state index contributed by atoms with van der Waals surface area (Å²) in [5.74, 6) is 2.18. The molecule has 0 saturated heterocycles. The maximum absolute atomic E-state index is 5.34. The summed E-state index contributed by atoms with van der Waals surface area (Å²) in [5, 5.41) is 0.880. The van der Waals surface area contributed by atoms with Gasteiger partial charge in [-0.1, -0.05) is 40.2 Å². The molecule has 2 rings (SSSR count). The van der Waals surface area contributed by atoms with Crippen molar-refractivity contribution in [2.45, 2.75) is 19.8 Å². The van der Waals surface area contributed by atoms with Gasteiger partial charge in [0, 0.05) is 11.2 Å². The average molecular weight is 349 g/mol. The molecular weight excluding hydrogens is 328 g/mol. The zero-order chi connectivity index (χ0) is 15.4. The third-order valence-corrected chi connectivity index (χ3v) is 4.44. The van der Waals surface area contributed by atoms with Crippen molar-refractivity contribution in [2.75, 3.05) is 19.5 Å². The molecular formula is C18H21BrO2. The second-order valence-electron chi connectivity index (χ2n) is 5.17. The Morgan fingerprint density at radius 3 is 1.57 bits per heavy atom. The number of hydrogen-bond donors (Lipinski definition) is 0. The standard InChI is InChI=1S/C18H21BrO2/c1-12-9-14(5-7-17(12)20-3)16(11-19)15-6-8-18(21-4)13(2)10-15/h5-10,16H,11H2,1-4H3. The number of halogens is 1. The lowest BCUT2D eigenvalue weighted by atomic mass is 9.91. The van der Waals surface area contributed by atoms with E-state index in [0.717, 1.165) is 28.0 Å². The highest BCUT2D eigenvalue weighted by Crippen LogP contribution is 2.32. The van der Waals surface area contributed by atoms with E-state index in [1.807, 2.05) is 12.1 Å². The van der Waals surface area contributed by atoms with Gasteiger partial charge >= 0.3 is 0 Å². The van der Waals surface area contributed by atoms with Crippen molar-refractivity contribution < 1.29 is 9.47 Å². The van der Waals surface area contributed by atoms with Crippen LogP contribution in [0, 0.1) is 13.8 Å². The third kappa shape index (κ3) is 3.41. The fourth-order valence-electron chi connectivity index (χ4n) is 2.61. The summed E-state index contributed by atoms with van der Waals surface area (Å²) < 4.78 is 10.7. The Kier molecular flexibility index (Phi) is 5.29. The van der Waals surface area contributed by atoms with Crippen LogP contribution in [0.3, 0.4) is 0 Å². The predicted octanol–water partition coefficient (Wildman–Crippen LogP) is 4.85. The Morgan fingerprint density at radius 1 is 0.857 bits per heavy atom. The Bertz CT molecular complexity index is 569. The molecule has 0 aromatic heterocycles. The maximum atomic E-state index is 5.34. The van der Waals surface area contributed by atoms with E-state index in [1.54, 1.807) is 14.2 Å². The van der Waals surface area contributed by atoms with Crippen molar-refractivity contribution in [1.29, 1.82) is 0 Å². The van der Waals surface area contributed by atoms with Crippen molar-refractivity contribution in [1.82, 2.24) is 0 Å². The van der Waals surface area contributed by atoms with E-state index in [9.17, 15) is 0 Å². The maximum Gasteiger partial charge on any atom is 0.121 e. The molecule has 0 radical (unpaired) electrons. The van der Waals surface area contributed by atoms with Crippen molar-refractivity contribution in [3.8, 4) is 11.5 Å². The fraction of sp³-hybridized carbons (Fsp3) is 0.333. The van der Waals surface area contributed by atoms with Crippen molar-refractivity contribution in [2.24, 2.45) is 0 Å². The van der Waals surface area contributed by atoms with Crippen LogP contribution in [-0.4, -0.2) is 19.5 Å². The molecule has 0 heterocycles. The SMILES string of the molecule is COc1ccc(C(CBr)c2ccc(OC)c(C)c2)cc1C. The number of rotatable bonds is 5. The van der Waals surface area contributed by atoms with Crippen LogP contribution >= 0.6 is 15.9 Å². The number of methoxy groups -OCH3 is 2. The molecule has 0 aliphatic rings. The van der Waals surface area contributed by atoms with Gasteiger partial charge in [-0.3, -0.25) is 0 Å². The zero-order valence-corrected chi connectivity index (χ0v) is 14.5. The molecule has 0 amide bonds. The molecule has 2 aromatic rings. The molecule has 0 spiro atoms. The van der Waals surface area contributed by atoms with E-state index in [2.05, 4.69) is 54.0 Å². The first-order valence-electron chi connectivity index (χ1n) is 6.95. The largest absolute Gasteiger partial charge is 0.496 e. The van der Waals surface area contributed by atoms with Gasteiger partial charge in [0.1, 0.15) is 11.5 Å². The Hall–Kier alpha value is -1.48. The van der Waals surface area contributed by atoms with Gasteiger partial charge in [0.2, 0.25) is 0 Å². The van der Waals surface area contributed by atoms with Crippen LogP contribution in [0.5, 0.6) is 11.5 Å². The molecule has 0 bridgehead atoms. The lowest BCUT2D eigenvalue weighted by Gasteiger charge is -2.18. The topological polar surface area (TPSA) is 18.5 Å². The van der Waals surface area contributed by atoms with E-state index in [-0.39, 0.29) is 0 Å². The van der Waals surface area contributed by atoms with Crippen LogP contribution in [0.1, 0.15) is 28.2 Å². The van der Waals surface area contributed by atoms with Crippen molar-refractivity contribution in [3.05, 3.63) is 58.7 Å². The van der Waals surface area contributed by atoms with Gasteiger partial charge in [0.05, 0.1) is 14.2 Å². The van der Waals surface area contributed by atoms with E-state index in [1.165, 1.54) is 11.1 Å². The second-order valence-corrected chi connectivity index (χ2v) is 5.81. The molecule has 112 valence electrons. The normalized spacial score (nSPS) is 10.8. The fourth-order valence-corrected chi connectivity index (χ4v) is 3.36. The number of ether oxygens (including phenoxy) is 2. The molecule has 0 fully saturated rings. The lowest BCUT2D eigenvalue weighted by Crippen LogP contribution is -2.04.